The van der Waals surface area contributed by atoms with Crippen LogP contribution in [0.15, 0.2) is 48.5 Å². The molecule has 2 N–H and O–H groups in total. The molecule has 0 aliphatic heterocycles. The lowest BCUT2D eigenvalue weighted by Crippen LogP contribution is -2.58. The maximum atomic E-state index is 12.6. The number of ether oxygens (including phenoxy) is 4. The summed E-state index contributed by atoms with van der Waals surface area (Å²) < 4.78 is 22.1. The second kappa shape index (κ2) is 14.9. The first-order valence-electron chi connectivity index (χ1n) is 12.1. The lowest BCUT2D eigenvalue weighted by atomic mass is 9.93. The second-order valence-electron chi connectivity index (χ2n) is 8.50. The van der Waals surface area contributed by atoms with Crippen LogP contribution in [0.5, 0.6) is 11.5 Å². The highest BCUT2D eigenvalue weighted by molar-refractivity contribution is 5.81. The van der Waals surface area contributed by atoms with E-state index in [1.165, 1.54) is 7.11 Å². The number of nitrogens with one attached hydrogen (secondary N) is 2. The van der Waals surface area contributed by atoms with E-state index in [1.54, 1.807) is 6.92 Å². The van der Waals surface area contributed by atoms with Crippen molar-refractivity contribution in [3.8, 4) is 11.5 Å². The van der Waals surface area contributed by atoms with Crippen LogP contribution < -0.4 is 20.3 Å². The number of hydrazine groups is 1. The molecule has 35 heavy (non-hydrogen) atoms. The van der Waals surface area contributed by atoms with Gasteiger partial charge in [-0.25, -0.2) is 15.0 Å². The van der Waals surface area contributed by atoms with Crippen molar-refractivity contribution >= 4 is 12.1 Å². The van der Waals surface area contributed by atoms with Gasteiger partial charge in [0, 0.05) is 6.42 Å². The zero-order chi connectivity index (χ0) is 25.5. The number of hydrogen-bond donors (Lipinski definition) is 2. The van der Waals surface area contributed by atoms with Gasteiger partial charge in [0.25, 0.3) is 0 Å². The van der Waals surface area contributed by atoms with Gasteiger partial charge < -0.3 is 18.9 Å². The lowest BCUT2D eigenvalue weighted by Gasteiger charge is -2.28. The molecule has 0 heterocycles. The van der Waals surface area contributed by atoms with E-state index in [0.717, 1.165) is 36.8 Å². The summed E-state index contributed by atoms with van der Waals surface area (Å²) >= 11 is 0. The van der Waals surface area contributed by atoms with Crippen LogP contribution in [0.4, 0.5) is 4.79 Å². The molecule has 8 nitrogen and oxygen atoms in total. The number of benzene rings is 2. The molecule has 0 aliphatic rings. The summed E-state index contributed by atoms with van der Waals surface area (Å²) in [5.74, 6) is 0.778. The Balaban J connectivity index is 2.08. The third kappa shape index (κ3) is 9.48. The van der Waals surface area contributed by atoms with Gasteiger partial charge in [-0.05, 0) is 43.0 Å². The first-order valence-corrected chi connectivity index (χ1v) is 12.1. The molecule has 0 bridgehead atoms. The quantitative estimate of drug-likeness (QED) is 0.209. The van der Waals surface area contributed by atoms with Crippen molar-refractivity contribution in [2.24, 2.45) is 0 Å². The molecule has 1 amide bonds. The van der Waals surface area contributed by atoms with Crippen LogP contribution in [0, 0.1) is 0 Å². The van der Waals surface area contributed by atoms with Gasteiger partial charge in [-0.15, -0.1) is 0 Å². The number of hydrogen-bond acceptors (Lipinski definition) is 7. The third-order valence-electron chi connectivity index (χ3n) is 5.37. The molecule has 2 rings (SSSR count). The zero-order valence-corrected chi connectivity index (χ0v) is 21.2. The fraction of sp³-hybridized carbons (Fsp3) is 0.481. The van der Waals surface area contributed by atoms with Gasteiger partial charge in [0.15, 0.2) is 11.5 Å². The van der Waals surface area contributed by atoms with Crippen molar-refractivity contribution in [1.82, 2.24) is 10.9 Å². The minimum Gasteiger partial charge on any atom is -0.490 e. The maximum absolute atomic E-state index is 12.6. The van der Waals surface area contributed by atoms with Gasteiger partial charge in [0.05, 0.1) is 20.3 Å². The SMILES string of the molecule is CCCCOc1ccc(C[C@](C)(NNC(=O)OCc2ccccc2)C(=O)OC)cc1OCCCC. The Morgan fingerprint density at radius 1 is 0.886 bits per heavy atom. The molecule has 0 unspecified atom stereocenters. The molecule has 0 saturated heterocycles. The number of methoxy groups -OCH3 is 1. The average molecular weight is 487 g/mol. The van der Waals surface area contributed by atoms with Gasteiger partial charge in [-0.3, -0.25) is 5.43 Å². The van der Waals surface area contributed by atoms with Crippen LogP contribution in [-0.2, 0) is 27.3 Å². The molecule has 1 atom stereocenters. The van der Waals surface area contributed by atoms with Crippen molar-refractivity contribution in [3.05, 3.63) is 59.7 Å². The molecule has 192 valence electrons. The summed E-state index contributed by atoms with van der Waals surface area (Å²) in [4.78, 5) is 24.8. The zero-order valence-electron chi connectivity index (χ0n) is 21.2. The minimum atomic E-state index is -1.24. The molecule has 0 fully saturated rings. The summed E-state index contributed by atoms with van der Waals surface area (Å²) in [7, 11) is 1.31. The van der Waals surface area contributed by atoms with Crippen LogP contribution in [0.3, 0.4) is 0 Å². The third-order valence-corrected chi connectivity index (χ3v) is 5.37. The Kier molecular flexibility index (Phi) is 11.9. The average Bonchev–Trinajstić information content (AvgIpc) is 2.87. The Morgan fingerprint density at radius 2 is 1.54 bits per heavy atom. The molecule has 2 aromatic rings. The van der Waals surface area contributed by atoms with Gasteiger partial charge >= 0.3 is 12.1 Å². The Labute approximate surface area is 208 Å². The lowest BCUT2D eigenvalue weighted by molar-refractivity contribution is -0.148. The van der Waals surface area contributed by atoms with Crippen LogP contribution >= 0.6 is 0 Å². The fourth-order valence-corrected chi connectivity index (χ4v) is 3.30. The number of carbonyl (C=O) groups excluding carboxylic acids is 2. The number of unbranched alkanes of at least 4 members (excludes halogenated alkanes) is 2. The van der Waals surface area contributed by atoms with Gasteiger partial charge in [0.1, 0.15) is 12.1 Å². The number of rotatable bonds is 15. The van der Waals surface area contributed by atoms with E-state index in [4.69, 9.17) is 18.9 Å². The summed E-state index contributed by atoms with van der Waals surface area (Å²) in [5, 5.41) is 0. The first-order chi connectivity index (χ1) is 16.9. The molecular formula is C27H38N2O6. The number of esters is 1. The monoisotopic (exact) mass is 486 g/mol. The Hall–Kier alpha value is -3.26. The smallest absolute Gasteiger partial charge is 0.421 e. The summed E-state index contributed by atoms with van der Waals surface area (Å²) in [6.45, 7) is 7.16. The molecule has 0 saturated carbocycles. The molecule has 2 aromatic carbocycles. The highest BCUT2D eigenvalue weighted by Gasteiger charge is 2.35. The van der Waals surface area contributed by atoms with E-state index in [2.05, 4.69) is 24.7 Å². The van der Waals surface area contributed by atoms with Crippen molar-refractivity contribution in [2.45, 2.75) is 65.0 Å². The van der Waals surface area contributed by atoms with Crippen molar-refractivity contribution < 1.29 is 28.5 Å². The van der Waals surface area contributed by atoms with Crippen LogP contribution in [0.25, 0.3) is 0 Å². The Bertz CT molecular complexity index is 921. The highest BCUT2D eigenvalue weighted by atomic mass is 16.6. The van der Waals surface area contributed by atoms with Gasteiger partial charge in [-0.1, -0.05) is 63.1 Å². The van der Waals surface area contributed by atoms with E-state index < -0.39 is 17.6 Å². The summed E-state index contributed by atoms with van der Waals surface area (Å²) in [6.07, 6.45) is 3.46. The van der Waals surface area contributed by atoms with E-state index in [0.29, 0.717) is 24.7 Å². The minimum absolute atomic E-state index is 0.112. The Morgan fingerprint density at radius 3 is 2.17 bits per heavy atom. The molecule has 0 radical (unpaired) electrons. The van der Waals surface area contributed by atoms with E-state index in [-0.39, 0.29) is 13.0 Å². The largest absolute Gasteiger partial charge is 0.490 e. The van der Waals surface area contributed by atoms with Crippen molar-refractivity contribution in [3.63, 3.8) is 0 Å². The topological polar surface area (TPSA) is 95.1 Å². The van der Waals surface area contributed by atoms with Crippen molar-refractivity contribution in [1.29, 1.82) is 0 Å². The molecule has 0 aromatic heterocycles. The predicted octanol–water partition coefficient (Wildman–Crippen LogP) is 4.95. The van der Waals surface area contributed by atoms with E-state index >= 15 is 0 Å². The maximum Gasteiger partial charge on any atom is 0.421 e. The van der Waals surface area contributed by atoms with Crippen molar-refractivity contribution in [2.75, 3.05) is 20.3 Å². The standard InChI is InChI=1S/C27H38N2O6/c1-5-7-16-33-23-15-14-22(18-24(23)34-17-8-6-2)19-27(3,25(30)32-4)29-28-26(31)35-20-21-12-10-9-11-13-21/h9-15,18,29H,5-8,16-17,19-20H2,1-4H3,(H,28,31)/t27-/m0/s1. The van der Waals surface area contributed by atoms with Crippen LogP contribution in [-0.4, -0.2) is 37.9 Å². The normalized spacial score (nSPS) is 12.3. The fourth-order valence-electron chi connectivity index (χ4n) is 3.30. The molecule has 0 aliphatic carbocycles. The second-order valence-corrected chi connectivity index (χ2v) is 8.50. The highest BCUT2D eigenvalue weighted by Crippen LogP contribution is 2.30. The van der Waals surface area contributed by atoms with Gasteiger partial charge in [0.2, 0.25) is 0 Å². The molecular weight excluding hydrogens is 448 g/mol. The number of amides is 1. The predicted molar refractivity (Wildman–Crippen MR) is 134 cm³/mol. The first kappa shape index (κ1) is 28.0. The molecule has 8 heteroatoms. The van der Waals surface area contributed by atoms with Crippen LogP contribution in [0.2, 0.25) is 0 Å². The van der Waals surface area contributed by atoms with Gasteiger partial charge in [-0.2, -0.15) is 0 Å². The van der Waals surface area contributed by atoms with E-state index in [9.17, 15) is 9.59 Å². The number of carbonyl (C=O) groups is 2. The summed E-state index contributed by atoms with van der Waals surface area (Å²) in [6, 6.07) is 14.9. The van der Waals surface area contributed by atoms with E-state index in [1.807, 2.05) is 48.5 Å². The van der Waals surface area contributed by atoms with Crippen LogP contribution in [0.1, 0.15) is 57.6 Å². The summed E-state index contributed by atoms with van der Waals surface area (Å²) in [5.41, 5.74) is 5.68. The molecule has 0 spiro atoms.